The van der Waals surface area contributed by atoms with Gasteiger partial charge in [0.05, 0.1) is 13.5 Å². The number of methoxy groups -OCH3 is 1. The molecule has 0 saturated heterocycles. The summed E-state index contributed by atoms with van der Waals surface area (Å²) in [5, 5.41) is 0. The van der Waals surface area contributed by atoms with E-state index in [9.17, 15) is 18.0 Å². The molecule has 78 valence electrons. The van der Waals surface area contributed by atoms with Crippen LogP contribution in [0.1, 0.15) is 6.42 Å². The third-order valence-corrected chi connectivity index (χ3v) is 0.997. The predicted molar refractivity (Wildman–Crippen MR) is 36.6 cm³/mol. The van der Waals surface area contributed by atoms with Gasteiger partial charge < -0.3 is 4.74 Å². The van der Waals surface area contributed by atoms with Crippen molar-refractivity contribution >= 4 is 5.97 Å². The molecule has 0 rings (SSSR count). The van der Waals surface area contributed by atoms with Crippen molar-refractivity contribution in [3.8, 4) is 0 Å². The third-order valence-electron chi connectivity index (χ3n) is 0.997. The quantitative estimate of drug-likeness (QED) is 0.402. The molecule has 0 radical (unpaired) electrons. The number of carbonyl (C=O) groups excluding carboxylic acids is 1. The van der Waals surface area contributed by atoms with Gasteiger partial charge in [-0.25, -0.2) is 5.48 Å². The number of ether oxygens (including phenoxy) is 1. The number of hydroxylamine groups is 1. The second kappa shape index (κ2) is 5.76. The molecule has 0 aliphatic rings. The molecule has 0 unspecified atom stereocenters. The minimum Gasteiger partial charge on any atom is -0.469 e. The van der Waals surface area contributed by atoms with Crippen molar-refractivity contribution < 1.29 is 27.5 Å². The molecule has 0 aromatic heterocycles. The van der Waals surface area contributed by atoms with Gasteiger partial charge in [0, 0.05) is 6.54 Å². The summed E-state index contributed by atoms with van der Waals surface area (Å²) < 4.78 is 38.6. The summed E-state index contributed by atoms with van der Waals surface area (Å²) in [7, 11) is 1.19. The maximum atomic E-state index is 11.5. The molecule has 0 saturated carbocycles. The van der Waals surface area contributed by atoms with Crippen LogP contribution in [0.25, 0.3) is 0 Å². The fraction of sp³-hybridized carbons (Fsp3) is 0.833. The molecule has 0 atom stereocenters. The van der Waals surface area contributed by atoms with Gasteiger partial charge in [0.1, 0.15) is 0 Å². The molecule has 0 bridgehead atoms. The van der Waals surface area contributed by atoms with Crippen molar-refractivity contribution in [3.05, 3.63) is 0 Å². The Morgan fingerprint density at radius 1 is 1.46 bits per heavy atom. The van der Waals surface area contributed by atoms with Gasteiger partial charge in [-0.05, 0) is 0 Å². The summed E-state index contributed by atoms with van der Waals surface area (Å²) in [6.07, 6.45) is -4.40. The molecule has 1 N–H and O–H groups in total. The minimum absolute atomic E-state index is 0.0112. The second-order valence-corrected chi connectivity index (χ2v) is 2.12. The van der Waals surface area contributed by atoms with Gasteiger partial charge in [-0.2, -0.15) is 13.2 Å². The lowest BCUT2D eigenvalue weighted by molar-refractivity contribution is -0.189. The molecule has 0 aromatic rings. The van der Waals surface area contributed by atoms with Crippen LogP contribution in [-0.4, -0.2) is 32.4 Å². The SMILES string of the molecule is COC(=O)CCNOCC(F)(F)F. The van der Waals surface area contributed by atoms with Gasteiger partial charge in [0.25, 0.3) is 0 Å². The van der Waals surface area contributed by atoms with Crippen molar-refractivity contribution in [2.45, 2.75) is 12.6 Å². The van der Waals surface area contributed by atoms with Crippen molar-refractivity contribution in [1.82, 2.24) is 5.48 Å². The van der Waals surface area contributed by atoms with E-state index in [0.717, 1.165) is 0 Å². The van der Waals surface area contributed by atoms with Gasteiger partial charge in [-0.1, -0.05) is 0 Å². The lowest BCUT2D eigenvalue weighted by Crippen LogP contribution is -2.26. The van der Waals surface area contributed by atoms with Crippen LogP contribution < -0.4 is 5.48 Å². The Morgan fingerprint density at radius 2 is 2.08 bits per heavy atom. The van der Waals surface area contributed by atoms with Gasteiger partial charge in [-0.15, -0.1) is 0 Å². The van der Waals surface area contributed by atoms with E-state index in [1.807, 2.05) is 5.48 Å². The Bertz CT molecular complexity index is 160. The smallest absolute Gasteiger partial charge is 0.413 e. The lowest BCUT2D eigenvalue weighted by Gasteiger charge is -2.07. The first kappa shape index (κ1) is 12.2. The van der Waals surface area contributed by atoms with E-state index in [-0.39, 0.29) is 13.0 Å². The highest BCUT2D eigenvalue weighted by atomic mass is 19.4. The Labute approximate surface area is 73.0 Å². The monoisotopic (exact) mass is 201 g/mol. The number of carbonyl (C=O) groups is 1. The van der Waals surface area contributed by atoms with Gasteiger partial charge in [-0.3, -0.25) is 9.63 Å². The summed E-state index contributed by atoms with van der Waals surface area (Å²) in [6, 6.07) is 0. The number of rotatable bonds is 5. The third kappa shape index (κ3) is 9.09. The number of hydrogen-bond acceptors (Lipinski definition) is 4. The average Bonchev–Trinajstić information content (AvgIpc) is 2.01. The standard InChI is InChI=1S/C6H10F3NO3/c1-12-5(11)2-3-10-13-4-6(7,8)9/h10H,2-4H2,1H3. The van der Waals surface area contributed by atoms with Gasteiger partial charge in [0.15, 0.2) is 6.61 Å². The zero-order valence-electron chi connectivity index (χ0n) is 6.98. The largest absolute Gasteiger partial charge is 0.469 e. The number of esters is 1. The van der Waals surface area contributed by atoms with Crippen LogP contribution in [0.15, 0.2) is 0 Å². The molecule has 0 heterocycles. The molecule has 4 nitrogen and oxygen atoms in total. The number of hydrogen-bond donors (Lipinski definition) is 1. The van der Waals surface area contributed by atoms with Crippen LogP contribution in [0.5, 0.6) is 0 Å². The Morgan fingerprint density at radius 3 is 2.54 bits per heavy atom. The second-order valence-electron chi connectivity index (χ2n) is 2.12. The molecule has 0 spiro atoms. The number of halogens is 3. The summed E-state index contributed by atoms with van der Waals surface area (Å²) in [5.41, 5.74) is 1.99. The predicted octanol–water partition coefficient (Wildman–Crippen LogP) is 0.633. The Kier molecular flexibility index (Phi) is 5.40. The molecule has 13 heavy (non-hydrogen) atoms. The van der Waals surface area contributed by atoms with Crippen LogP contribution in [0, 0.1) is 0 Å². The van der Waals surface area contributed by atoms with E-state index in [2.05, 4.69) is 9.57 Å². The molecular weight excluding hydrogens is 191 g/mol. The zero-order chi connectivity index (χ0) is 10.3. The Hall–Kier alpha value is -0.820. The normalized spacial score (nSPS) is 11.4. The summed E-state index contributed by atoms with van der Waals surface area (Å²) in [5.74, 6) is -0.511. The van der Waals surface area contributed by atoms with E-state index in [1.54, 1.807) is 0 Å². The van der Waals surface area contributed by atoms with E-state index < -0.39 is 18.8 Å². The van der Waals surface area contributed by atoms with Crippen molar-refractivity contribution in [2.75, 3.05) is 20.3 Å². The number of alkyl halides is 3. The van der Waals surface area contributed by atoms with E-state index in [1.165, 1.54) is 7.11 Å². The molecular formula is C6H10F3NO3. The summed E-state index contributed by atoms with van der Waals surface area (Å²) >= 11 is 0. The fourth-order valence-electron chi connectivity index (χ4n) is 0.460. The first-order valence-corrected chi connectivity index (χ1v) is 3.44. The number of nitrogens with one attached hydrogen (secondary N) is 1. The van der Waals surface area contributed by atoms with Crippen LogP contribution in [0.4, 0.5) is 13.2 Å². The van der Waals surface area contributed by atoms with E-state index >= 15 is 0 Å². The van der Waals surface area contributed by atoms with E-state index in [4.69, 9.17) is 0 Å². The summed E-state index contributed by atoms with van der Waals surface area (Å²) in [4.78, 5) is 14.4. The maximum absolute atomic E-state index is 11.5. The Balaban J connectivity index is 3.22. The van der Waals surface area contributed by atoms with Crippen LogP contribution in [-0.2, 0) is 14.4 Å². The fourth-order valence-corrected chi connectivity index (χ4v) is 0.460. The van der Waals surface area contributed by atoms with Crippen molar-refractivity contribution in [2.24, 2.45) is 0 Å². The molecule has 0 aromatic carbocycles. The topological polar surface area (TPSA) is 47.6 Å². The highest BCUT2D eigenvalue weighted by Crippen LogP contribution is 2.13. The summed E-state index contributed by atoms with van der Waals surface area (Å²) in [6.45, 7) is -1.39. The highest BCUT2D eigenvalue weighted by Gasteiger charge is 2.27. The maximum Gasteiger partial charge on any atom is 0.413 e. The molecule has 0 fully saturated rings. The van der Waals surface area contributed by atoms with E-state index in [0.29, 0.717) is 0 Å². The van der Waals surface area contributed by atoms with Crippen LogP contribution >= 0.6 is 0 Å². The lowest BCUT2D eigenvalue weighted by atomic mass is 10.4. The van der Waals surface area contributed by atoms with Gasteiger partial charge in [0.2, 0.25) is 0 Å². The van der Waals surface area contributed by atoms with Gasteiger partial charge >= 0.3 is 12.1 Å². The molecule has 0 aliphatic heterocycles. The highest BCUT2D eigenvalue weighted by molar-refractivity contribution is 5.69. The molecule has 0 amide bonds. The zero-order valence-corrected chi connectivity index (χ0v) is 6.98. The van der Waals surface area contributed by atoms with Crippen LogP contribution in [0.2, 0.25) is 0 Å². The van der Waals surface area contributed by atoms with Crippen LogP contribution in [0.3, 0.4) is 0 Å². The first-order valence-electron chi connectivity index (χ1n) is 3.44. The minimum atomic E-state index is -4.36. The average molecular weight is 201 g/mol. The first-order chi connectivity index (χ1) is 5.95. The van der Waals surface area contributed by atoms with Crippen molar-refractivity contribution in [1.29, 1.82) is 0 Å². The van der Waals surface area contributed by atoms with Crippen molar-refractivity contribution in [3.63, 3.8) is 0 Å². The molecule has 7 heteroatoms. The molecule has 0 aliphatic carbocycles.